The molecule has 0 unspecified atom stereocenters. The number of nitrogens with one attached hydrogen (secondary N) is 1. The molecule has 1 aromatic carbocycles. The first-order valence-corrected chi connectivity index (χ1v) is 11.7. The smallest absolute Gasteiger partial charge is 0.312 e. The van der Waals surface area contributed by atoms with Gasteiger partial charge in [0.1, 0.15) is 17.1 Å². The van der Waals surface area contributed by atoms with Crippen LogP contribution in [-0.2, 0) is 6.54 Å². The van der Waals surface area contributed by atoms with Crippen molar-refractivity contribution in [3.63, 3.8) is 0 Å². The van der Waals surface area contributed by atoms with Gasteiger partial charge in [0.2, 0.25) is 0 Å². The van der Waals surface area contributed by atoms with Crippen molar-refractivity contribution in [2.45, 2.75) is 50.4 Å². The molecule has 2 fully saturated rings. The Labute approximate surface area is 188 Å². The summed E-state index contributed by atoms with van der Waals surface area (Å²) in [5, 5.41) is 4.51. The number of thiazole rings is 1. The molecule has 3 N–H and O–H groups in total. The van der Waals surface area contributed by atoms with Gasteiger partial charge in [-0.25, -0.2) is 9.78 Å². The van der Waals surface area contributed by atoms with Crippen LogP contribution < -0.4 is 15.8 Å². The summed E-state index contributed by atoms with van der Waals surface area (Å²) in [6.45, 7) is 0.771. The van der Waals surface area contributed by atoms with Gasteiger partial charge in [0.05, 0.1) is 11.2 Å². The van der Waals surface area contributed by atoms with Gasteiger partial charge >= 0.3 is 6.03 Å². The van der Waals surface area contributed by atoms with E-state index in [1.165, 1.54) is 11.3 Å². The fourth-order valence-electron chi connectivity index (χ4n) is 5.13. The van der Waals surface area contributed by atoms with Crippen molar-refractivity contribution >= 4 is 38.7 Å². The van der Waals surface area contributed by atoms with Crippen LogP contribution in [0.15, 0.2) is 47.0 Å². The average Bonchev–Trinajstić information content (AvgIpc) is 3.41. The second kappa shape index (κ2) is 7.75. The van der Waals surface area contributed by atoms with E-state index < -0.39 is 6.03 Å². The van der Waals surface area contributed by atoms with Gasteiger partial charge in [0, 0.05) is 35.8 Å². The number of piperidine rings is 1. The number of benzene rings is 1. The minimum atomic E-state index is -0.430. The lowest BCUT2D eigenvalue weighted by molar-refractivity contribution is 0.104. The van der Waals surface area contributed by atoms with Crippen LogP contribution in [0.3, 0.4) is 0 Å². The second-order valence-electron chi connectivity index (χ2n) is 8.55. The summed E-state index contributed by atoms with van der Waals surface area (Å²) in [7, 11) is 0. The number of hydrogen-bond acceptors (Lipinski definition) is 7. The summed E-state index contributed by atoms with van der Waals surface area (Å²) in [5.74, 6) is 1.63. The Hall–Kier alpha value is -3.17. The van der Waals surface area contributed by atoms with E-state index in [1.807, 2.05) is 30.3 Å². The van der Waals surface area contributed by atoms with Gasteiger partial charge in [0.15, 0.2) is 5.65 Å². The number of primary amides is 1. The molecule has 0 radical (unpaired) electrons. The summed E-state index contributed by atoms with van der Waals surface area (Å²) in [6, 6.07) is 12.5. The first kappa shape index (κ1) is 19.5. The van der Waals surface area contributed by atoms with E-state index >= 15 is 0 Å². The molecular weight excluding hydrogens is 426 g/mol. The molecule has 2 saturated heterocycles. The number of furan rings is 1. The van der Waals surface area contributed by atoms with Gasteiger partial charge in [-0.1, -0.05) is 11.3 Å². The normalized spacial score (nSPS) is 23.1. The number of urea groups is 1. The van der Waals surface area contributed by atoms with Crippen molar-refractivity contribution in [1.29, 1.82) is 0 Å². The fraction of sp³-hybridized carbons (Fsp3) is 0.348. The third-order valence-corrected chi connectivity index (χ3v) is 7.35. The molecule has 2 aliphatic rings. The number of pyridine rings is 1. The summed E-state index contributed by atoms with van der Waals surface area (Å²) < 4.78 is 13.1. The molecule has 2 amide bonds. The molecule has 9 heteroatoms. The molecule has 8 nitrogen and oxygen atoms in total. The molecule has 3 atom stereocenters. The topological polar surface area (TPSA) is 107 Å². The van der Waals surface area contributed by atoms with Crippen LogP contribution in [0.25, 0.3) is 21.3 Å². The third kappa shape index (κ3) is 3.67. The van der Waals surface area contributed by atoms with E-state index in [0.717, 1.165) is 53.7 Å². The number of nitrogens with two attached hydrogens (primary N) is 1. The van der Waals surface area contributed by atoms with Gasteiger partial charge in [-0.3, -0.25) is 4.90 Å². The Morgan fingerprint density at radius 1 is 1.25 bits per heavy atom. The maximum atomic E-state index is 11.2. The maximum absolute atomic E-state index is 11.2. The van der Waals surface area contributed by atoms with E-state index in [4.69, 9.17) is 14.9 Å². The number of ether oxygens (including phenoxy) is 1. The molecule has 6 rings (SSSR count). The Kier molecular flexibility index (Phi) is 4.73. The van der Waals surface area contributed by atoms with Crippen molar-refractivity contribution in [1.82, 2.24) is 20.2 Å². The first-order valence-electron chi connectivity index (χ1n) is 10.8. The largest absolute Gasteiger partial charge is 0.460 e. The number of fused-ring (bicyclic) bond motifs is 4. The monoisotopic (exact) mass is 449 g/mol. The van der Waals surface area contributed by atoms with Gasteiger partial charge in [-0.2, -0.15) is 4.98 Å². The summed E-state index contributed by atoms with van der Waals surface area (Å²) in [5.41, 5.74) is 6.81. The highest BCUT2D eigenvalue weighted by molar-refractivity contribution is 7.20. The average molecular weight is 450 g/mol. The lowest BCUT2D eigenvalue weighted by atomic mass is 9.97. The zero-order chi connectivity index (χ0) is 21.7. The number of amides is 2. The number of carbonyl (C=O) groups excluding carboxylic acids is 1. The molecule has 3 aromatic heterocycles. The van der Waals surface area contributed by atoms with Crippen molar-refractivity contribution in [2.75, 3.05) is 0 Å². The predicted octanol–water partition coefficient (Wildman–Crippen LogP) is 4.39. The third-order valence-electron chi connectivity index (χ3n) is 6.46. The molecule has 164 valence electrons. The minimum Gasteiger partial charge on any atom is -0.460 e. The Balaban J connectivity index is 1.17. The summed E-state index contributed by atoms with van der Waals surface area (Å²) in [6.07, 6.45) is 5.91. The maximum Gasteiger partial charge on any atom is 0.312 e. The van der Waals surface area contributed by atoms with Gasteiger partial charge in [0.25, 0.3) is 5.19 Å². The lowest BCUT2D eigenvalue weighted by Gasteiger charge is -2.38. The highest BCUT2D eigenvalue weighted by atomic mass is 32.1. The van der Waals surface area contributed by atoms with Crippen LogP contribution >= 0.6 is 11.3 Å². The van der Waals surface area contributed by atoms with Crippen LogP contribution in [-0.4, -0.2) is 39.0 Å². The van der Waals surface area contributed by atoms with Gasteiger partial charge in [-0.05, 0) is 56.0 Å². The SMILES string of the molecule is NC(=O)N[C@H]1C[C@H]2CC[C@@H](C1)N2Cc1cc2ccc(Oc3nc4ncccc4s3)cc2o1. The second-order valence-corrected chi connectivity index (χ2v) is 9.55. The minimum absolute atomic E-state index is 0.175. The van der Waals surface area contributed by atoms with Crippen molar-refractivity contribution in [3.8, 4) is 10.9 Å². The molecule has 2 bridgehead atoms. The summed E-state index contributed by atoms with van der Waals surface area (Å²) in [4.78, 5) is 22.4. The first-order chi connectivity index (χ1) is 15.6. The molecule has 0 aliphatic carbocycles. The predicted molar refractivity (Wildman–Crippen MR) is 122 cm³/mol. The van der Waals surface area contributed by atoms with Crippen LogP contribution in [0, 0.1) is 0 Å². The molecule has 5 heterocycles. The number of nitrogens with zero attached hydrogens (tertiary/aromatic N) is 3. The lowest BCUT2D eigenvalue weighted by Crippen LogP contribution is -2.50. The molecule has 32 heavy (non-hydrogen) atoms. The zero-order valence-electron chi connectivity index (χ0n) is 17.4. The number of aromatic nitrogens is 2. The molecule has 0 spiro atoms. The van der Waals surface area contributed by atoms with E-state index in [1.54, 1.807) is 6.20 Å². The van der Waals surface area contributed by atoms with Gasteiger partial charge < -0.3 is 20.2 Å². The highest BCUT2D eigenvalue weighted by Crippen LogP contribution is 2.38. The van der Waals surface area contributed by atoms with Gasteiger partial charge in [-0.15, -0.1) is 0 Å². The molecular formula is C23H23N5O3S. The summed E-state index contributed by atoms with van der Waals surface area (Å²) >= 11 is 1.47. The quantitative estimate of drug-likeness (QED) is 0.468. The number of rotatable bonds is 5. The molecule has 4 aromatic rings. The fourth-order valence-corrected chi connectivity index (χ4v) is 5.93. The van der Waals surface area contributed by atoms with Crippen molar-refractivity contribution < 1.29 is 13.9 Å². The molecule has 0 saturated carbocycles. The standard InChI is InChI=1S/C23H23N5O3S/c24-22(29)26-14-9-15-4-5-16(10-14)28(15)12-18-8-13-3-6-17(11-19(13)30-18)31-23-27-21-20(32-23)2-1-7-25-21/h1-3,6-8,11,14-16H,4-5,9-10,12H2,(H3,24,26,29)/t14-,15+,16-. The Bertz CT molecular complexity index is 1250. The van der Waals surface area contributed by atoms with Crippen LogP contribution in [0.5, 0.6) is 10.9 Å². The number of hydrogen-bond donors (Lipinski definition) is 2. The highest BCUT2D eigenvalue weighted by Gasteiger charge is 2.41. The Morgan fingerprint density at radius 3 is 2.88 bits per heavy atom. The van der Waals surface area contributed by atoms with E-state index in [0.29, 0.717) is 28.7 Å². The van der Waals surface area contributed by atoms with Crippen LogP contribution in [0.4, 0.5) is 4.79 Å². The Morgan fingerprint density at radius 2 is 2.09 bits per heavy atom. The van der Waals surface area contributed by atoms with E-state index in [2.05, 4.69) is 26.3 Å². The molecule has 2 aliphatic heterocycles. The van der Waals surface area contributed by atoms with E-state index in [9.17, 15) is 4.79 Å². The zero-order valence-corrected chi connectivity index (χ0v) is 18.2. The van der Waals surface area contributed by atoms with E-state index in [-0.39, 0.29) is 6.04 Å². The van der Waals surface area contributed by atoms with Crippen LogP contribution in [0.2, 0.25) is 0 Å². The van der Waals surface area contributed by atoms with Crippen molar-refractivity contribution in [3.05, 3.63) is 48.4 Å². The van der Waals surface area contributed by atoms with Crippen LogP contribution in [0.1, 0.15) is 31.4 Å². The number of carbonyl (C=O) groups is 1. The van der Waals surface area contributed by atoms with Crippen molar-refractivity contribution in [2.24, 2.45) is 5.73 Å².